The number of rotatable bonds is 2. The Labute approximate surface area is 207 Å². The molecule has 0 amide bonds. The van der Waals surface area contributed by atoms with Crippen LogP contribution in [0.1, 0.15) is 11.1 Å². The van der Waals surface area contributed by atoms with Gasteiger partial charge in [-0.25, -0.2) is 0 Å². The molecule has 0 bridgehead atoms. The molecule has 0 N–H and O–H groups in total. The first kappa shape index (κ1) is 20.7. The minimum Gasteiger partial charge on any atom is -0.456 e. The van der Waals surface area contributed by atoms with Crippen LogP contribution in [0.25, 0.3) is 60.6 Å². The third-order valence-electron chi connectivity index (χ3n) is 7.25. The van der Waals surface area contributed by atoms with Crippen LogP contribution in [-0.2, 0) is 0 Å². The van der Waals surface area contributed by atoms with Gasteiger partial charge in [0, 0.05) is 16.5 Å². The summed E-state index contributed by atoms with van der Waals surface area (Å²) < 4.78 is 8.36. The summed E-state index contributed by atoms with van der Waals surface area (Å²) in [7, 11) is 0. The highest BCUT2D eigenvalue weighted by molar-refractivity contribution is 6.11. The van der Waals surface area contributed by atoms with E-state index in [-0.39, 0.29) is 5.43 Å². The van der Waals surface area contributed by atoms with Gasteiger partial charge < -0.3 is 8.98 Å². The highest BCUT2D eigenvalue weighted by Gasteiger charge is 2.15. The van der Waals surface area contributed by atoms with Gasteiger partial charge in [0.05, 0.1) is 21.8 Å². The molecule has 5 aromatic carbocycles. The van der Waals surface area contributed by atoms with E-state index in [4.69, 9.17) is 4.42 Å². The van der Waals surface area contributed by atoms with Crippen LogP contribution in [0.4, 0.5) is 0 Å². The van der Waals surface area contributed by atoms with E-state index in [2.05, 4.69) is 79.1 Å². The van der Waals surface area contributed by atoms with Gasteiger partial charge in [-0.05, 0) is 72.5 Å². The summed E-state index contributed by atoms with van der Waals surface area (Å²) in [4.78, 5) is 13.1. The SMILES string of the molecule is Cc1cccc2c3cccc(C)c3n(-c3ccc(-c4ccc5oc6ccccc6c(=O)c5c4)cc3)c12. The third-order valence-corrected chi connectivity index (χ3v) is 7.25. The molecule has 3 heteroatoms. The fraction of sp³-hybridized carbons (Fsp3) is 0.0606. The molecule has 36 heavy (non-hydrogen) atoms. The smallest absolute Gasteiger partial charge is 0.200 e. The van der Waals surface area contributed by atoms with Crippen LogP contribution in [0.15, 0.2) is 112 Å². The molecule has 2 heterocycles. The molecule has 0 radical (unpaired) electrons. The molecule has 3 nitrogen and oxygen atoms in total. The second-order valence-corrected chi connectivity index (χ2v) is 9.46. The Morgan fingerprint density at radius 3 is 1.83 bits per heavy atom. The molecule has 0 unspecified atom stereocenters. The number of benzene rings is 5. The van der Waals surface area contributed by atoms with E-state index in [1.807, 2.05) is 42.5 Å². The van der Waals surface area contributed by atoms with Crippen LogP contribution in [0.2, 0.25) is 0 Å². The van der Waals surface area contributed by atoms with Crippen molar-refractivity contribution in [3.63, 3.8) is 0 Å². The van der Waals surface area contributed by atoms with E-state index in [9.17, 15) is 4.79 Å². The van der Waals surface area contributed by atoms with Gasteiger partial charge in [-0.1, -0.05) is 66.7 Å². The van der Waals surface area contributed by atoms with Gasteiger partial charge in [-0.3, -0.25) is 4.79 Å². The predicted molar refractivity (Wildman–Crippen MR) is 149 cm³/mol. The van der Waals surface area contributed by atoms with Crippen LogP contribution in [0.5, 0.6) is 0 Å². The Hall–Kier alpha value is -4.63. The van der Waals surface area contributed by atoms with E-state index in [0.717, 1.165) is 16.8 Å². The van der Waals surface area contributed by atoms with Gasteiger partial charge in [0.25, 0.3) is 0 Å². The molecule has 0 fully saturated rings. The Balaban J connectivity index is 1.40. The van der Waals surface area contributed by atoms with Gasteiger partial charge in [-0.15, -0.1) is 0 Å². The number of fused-ring (bicyclic) bond motifs is 5. The standard InChI is InChI=1S/C33H23NO2/c1-20-7-5-10-25-26-11-6-8-21(2)32(26)34(31(20)25)24-16-13-22(14-17-24)23-15-18-30-28(19-23)33(35)27-9-3-4-12-29(27)36-30/h3-19H,1-2H3. The molecule has 7 rings (SSSR count). The molecule has 0 aliphatic carbocycles. The Bertz CT molecular complexity index is 1970. The molecule has 0 aliphatic rings. The highest BCUT2D eigenvalue weighted by atomic mass is 16.3. The maximum absolute atomic E-state index is 13.1. The molecular formula is C33H23NO2. The second kappa shape index (κ2) is 7.69. The lowest BCUT2D eigenvalue weighted by atomic mass is 10.0. The van der Waals surface area contributed by atoms with Gasteiger partial charge in [0.15, 0.2) is 0 Å². The third kappa shape index (κ3) is 2.96. The lowest BCUT2D eigenvalue weighted by Gasteiger charge is -2.12. The average molecular weight is 466 g/mol. The van der Waals surface area contributed by atoms with E-state index in [0.29, 0.717) is 21.9 Å². The van der Waals surface area contributed by atoms with Gasteiger partial charge in [-0.2, -0.15) is 0 Å². The summed E-state index contributed by atoms with van der Waals surface area (Å²) in [6.45, 7) is 4.34. The molecule has 0 aliphatic heterocycles. The highest BCUT2D eigenvalue weighted by Crippen LogP contribution is 2.36. The van der Waals surface area contributed by atoms with Crippen molar-refractivity contribution in [2.45, 2.75) is 13.8 Å². The minimum absolute atomic E-state index is 0.00144. The van der Waals surface area contributed by atoms with Crippen molar-refractivity contribution >= 4 is 43.7 Å². The van der Waals surface area contributed by atoms with Crippen molar-refractivity contribution in [2.24, 2.45) is 0 Å². The van der Waals surface area contributed by atoms with Crippen molar-refractivity contribution in [3.05, 3.63) is 124 Å². The summed E-state index contributed by atoms with van der Waals surface area (Å²) in [5, 5.41) is 3.75. The molecular weight excluding hydrogens is 442 g/mol. The number of para-hydroxylation sites is 3. The van der Waals surface area contributed by atoms with Crippen LogP contribution in [0.3, 0.4) is 0 Å². The van der Waals surface area contributed by atoms with Crippen molar-refractivity contribution in [1.29, 1.82) is 0 Å². The van der Waals surface area contributed by atoms with Gasteiger partial charge in [0.2, 0.25) is 5.43 Å². The summed E-state index contributed by atoms with van der Waals surface area (Å²) in [6, 6.07) is 34.9. The first-order valence-corrected chi connectivity index (χ1v) is 12.2. The monoisotopic (exact) mass is 465 g/mol. The second-order valence-electron chi connectivity index (χ2n) is 9.46. The average Bonchev–Trinajstić information content (AvgIpc) is 3.26. The number of aromatic nitrogens is 1. The van der Waals surface area contributed by atoms with E-state index >= 15 is 0 Å². The number of nitrogens with zero attached hydrogens (tertiary/aromatic N) is 1. The first-order valence-electron chi connectivity index (χ1n) is 12.2. The molecule has 0 saturated carbocycles. The molecule has 7 aromatic rings. The summed E-state index contributed by atoms with van der Waals surface area (Å²) in [6.07, 6.45) is 0. The fourth-order valence-corrected chi connectivity index (χ4v) is 5.50. The molecule has 2 aromatic heterocycles. The van der Waals surface area contributed by atoms with E-state index in [1.54, 1.807) is 0 Å². The summed E-state index contributed by atoms with van der Waals surface area (Å²) >= 11 is 0. The van der Waals surface area contributed by atoms with Gasteiger partial charge in [0.1, 0.15) is 11.2 Å². The zero-order valence-corrected chi connectivity index (χ0v) is 20.1. The summed E-state index contributed by atoms with van der Waals surface area (Å²) in [5.41, 5.74) is 9.37. The number of hydrogen-bond donors (Lipinski definition) is 0. The van der Waals surface area contributed by atoms with Crippen LogP contribution in [0, 0.1) is 13.8 Å². The maximum atomic E-state index is 13.1. The lowest BCUT2D eigenvalue weighted by molar-refractivity contribution is 0.660. The van der Waals surface area contributed by atoms with E-state index in [1.165, 1.54) is 32.9 Å². The summed E-state index contributed by atoms with van der Waals surface area (Å²) in [5.74, 6) is 0. The maximum Gasteiger partial charge on any atom is 0.200 e. The molecule has 0 spiro atoms. The van der Waals surface area contributed by atoms with Crippen molar-refractivity contribution < 1.29 is 4.42 Å². The lowest BCUT2D eigenvalue weighted by Crippen LogP contribution is -2.02. The van der Waals surface area contributed by atoms with Crippen molar-refractivity contribution in [2.75, 3.05) is 0 Å². The first-order chi connectivity index (χ1) is 17.6. The molecule has 0 saturated heterocycles. The zero-order valence-electron chi connectivity index (χ0n) is 20.1. The topological polar surface area (TPSA) is 35.1 Å². The van der Waals surface area contributed by atoms with E-state index < -0.39 is 0 Å². The van der Waals surface area contributed by atoms with Crippen LogP contribution >= 0.6 is 0 Å². The Kier molecular flexibility index (Phi) is 4.43. The fourth-order valence-electron chi connectivity index (χ4n) is 5.50. The van der Waals surface area contributed by atoms with Crippen molar-refractivity contribution in [3.8, 4) is 16.8 Å². The number of aryl methyl sites for hydroxylation is 2. The van der Waals surface area contributed by atoms with Crippen LogP contribution in [-0.4, -0.2) is 4.57 Å². The molecule has 0 atom stereocenters. The largest absolute Gasteiger partial charge is 0.456 e. The predicted octanol–water partition coefficient (Wildman–Crippen LogP) is 8.33. The molecule has 172 valence electrons. The Morgan fingerprint density at radius 2 is 1.14 bits per heavy atom. The quantitative estimate of drug-likeness (QED) is 0.241. The normalized spacial score (nSPS) is 11.7. The van der Waals surface area contributed by atoms with Gasteiger partial charge >= 0.3 is 0 Å². The Morgan fingerprint density at radius 1 is 0.556 bits per heavy atom. The van der Waals surface area contributed by atoms with Crippen molar-refractivity contribution in [1.82, 2.24) is 4.57 Å². The minimum atomic E-state index is 0.00144. The number of hydrogen-bond acceptors (Lipinski definition) is 2. The zero-order chi connectivity index (χ0) is 24.4. The van der Waals surface area contributed by atoms with Crippen LogP contribution < -0.4 is 5.43 Å².